The normalized spacial score (nSPS) is 18.7. The Bertz CT molecular complexity index is 848. The zero-order valence-electron chi connectivity index (χ0n) is 20.8. The van der Waals surface area contributed by atoms with E-state index in [4.69, 9.17) is 9.47 Å². The highest BCUT2D eigenvalue weighted by Crippen LogP contribution is 2.30. The Kier molecular flexibility index (Phi) is 8.25. The van der Waals surface area contributed by atoms with Gasteiger partial charge in [0.05, 0.1) is 12.7 Å². The molecule has 0 spiro atoms. The van der Waals surface area contributed by atoms with E-state index in [1.807, 2.05) is 13.0 Å². The molecule has 0 bridgehead atoms. The SMILES string of the molecule is CCN(c1cc(C#CC2CCN(C(C)(C)C)CC2)cc(C(=O)OC)c1C)C1CCOCC1. The Hall–Kier alpha value is -2.03. The molecule has 3 rings (SSSR count). The van der Waals surface area contributed by atoms with Gasteiger partial charge in [0.1, 0.15) is 0 Å². The molecule has 5 heteroatoms. The first-order valence-electron chi connectivity index (χ1n) is 12.1. The molecule has 176 valence electrons. The van der Waals surface area contributed by atoms with Gasteiger partial charge in [-0.15, -0.1) is 0 Å². The molecular weight excluding hydrogens is 400 g/mol. The van der Waals surface area contributed by atoms with Crippen molar-refractivity contribution in [3.63, 3.8) is 0 Å². The summed E-state index contributed by atoms with van der Waals surface area (Å²) in [4.78, 5) is 17.5. The predicted octanol–water partition coefficient (Wildman–Crippen LogP) is 4.65. The van der Waals surface area contributed by atoms with Crippen LogP contribution in [-0.2, 0) is 9.47 Å². The van der Waals surface area contributed by atoms with Gasteiger partial charge in [0.15, 0.2) is 0 Å². The molecule has 2 aliphatic heterocycles. The molecule has 2 heterocycles. The van der Waals surface area contributed by atoms with Crippen molar-refractivity contribution in [1.82, 2.24) is 4.90 Å². The van der Waals surface area contributed by atoms with E-state index < -0.39 is 0 Å². The Balaban J connectivity index is 1.87. The molecule has 0 saturated carbocycles. The predicted molar refractivity (Wildman–Crippen MR) is 130 cm³/mol. The average molecular weight is 441 g/mol. The van der Waals surface area contributed by atoms with Crippen LogP contribution >= 0.6 is 0 Å². The number of methoxy groups -OCH3 is 1. The molecule has 32 heavy (non-hydrogen) atoms. The number of hydrogen-bond acceptors (Lipinski definition) is 5. The van der Waals surface area contributed by atoms with Crippen molar-refractivity contribution in [2.45, 2.75) is 71.9 Å². The Morgan fingerprint density at radius 1 is 1.19 bits per heavy atom. The lowest BCUT2D eigenvalue weighted by Gasteiger charge is -2.39. The molecule has 1 aromatic carbocycles. The van der Waals surface area contributed by atoms with Crippen LogP contribution in [0.15, 0.2) is 12.1 Å². The van der Waals surface area contributed by atoms with E-state index >= 15 is 0 Å². The van der Waals surface area contributed by atoms with Crippen LogP contribution in [0.4, 0.5) is 5.69 Å². The highest BCUT2D eigenvalue weighted by Gasteiger charge is 2.27. The largest absolute Gasteiger partial charge is 0.465 e. The molecule has 2 saturated heterocycles. The first kappa shape index (κ1) is 24.6. The minimum absolute atomic E-state index is 0.216. The number of esters is 1. The highest BCUT2D eigenvalue weighted by molar-refractivity contribution is 5.93. The maximum atomic E-state index is 12.5. The minimum atomic E-state index is -0.297. The summed E-state index contributed by atoms with van der Waals surface area (Å²) in [5, 5.41) is 0. The molecule has 0 radical (unpaired) electrons. The number of likely N-dealkylation sites (tertiary alicyclic amines) is 1. The fraction of sp³-hybridized carbons (Fsp3) is 0.667. The van der Waals surface area contributed by atoms with Gasteiger partial charge in [0.2, 0.25) is 0 Å². The number of anilines is 1. The van der Waals surface area contributed by atoms with Crippen LogP contribution in [0.2, 0.25) is 0 Å². The van der Waals surface area contributed by atoms with E-state index in [0.29, 0.717) is 17.5 Å². The lowest BCUT2D eigenvalue weighted by molar-refractivity contribution is 0.0599. The van der Waals surface area contributed by atoms with Crippen LogP contribution in [-0.4, -0.2) is 62.4 Å². The second-order valence-electron chi connectivity index (χ2n) is 9.99. The average Bonchev–Trinajstić information content (AvgIpc) is 2.79. The van der Waals surface area contributed by atoms with Crippen molar-refractivity contribution in [2.24, 2.45) is 5.92 Å². The molecule has 2 fully saturated rings. The summed E-state index contributed by atoms with van der Waals surface area (Å²) in [6.45, 7) is 15.7. The number of benzene rings is 1. The van der Waals surface area contributed by atoms with Crippen LogP contribution in [0.1, 0.15) is 74.9 Å². The van der Waals surface area contributed by atoms with Crippen molar-refractivity contribution in [1.29, 1.82) is 0 Å². The molecule has 0 amide bonds. The summed E-state index contributed by atoms with van der Waals surface area (Å²) in [6, 6.07) is 4.49. The van der Waals surface area contributed by atoms with Crippen LogP contribution < -0.4 is 4.90 Å². The van der Waals surface area contributed by atoms with Gasteiger partial charge in [0.25, 0.3) is 0 Å². The summed E-state index contributed by atoms with van der Waals surface area (Å²) in [5.74, 6) is 7.02. The molecule has 0 unspecified atom stereocenters. The van der Waals surface area contributed by atoms with E-state index in [1.54, 1.807) is 0 Å². The number of carbonyl (C=O) groups is 1. The Morgan fingerprint density at radius 2 is 1.84 bits per heavy atom. The summed E-state index contributed by atoms with van der Waals surface area (Å²) in [6.07, 6.45) is 4.19. The number of nitrogens with zero attached hydrogens (tertiary/aromatic N) is 2. The molecule has 0 N–H and O–H groups in total. The van der Waals surface area contributed by atoms with Gasteiger partial charge in [-0.1, -0.05) is 11.8 Å². The van der Waals surface area contributed by atoms with Crippen molar-refractivity contribution in [2.75, 3.05) is 44.9 Å². The summed E-state index contributed by atoms with van der Waals surface area (Å²) < 4.78 is 10.7. The van der Waals surface area contributed by atoms with E-state index in [9.17, 15) is 4.79 Å². The standard InChI is InChI=1S/C27H40N2O3/c1-7-29(23-12-16-32-17-13-23)25-19-22(18-24(20(25)2)26(30)31-6)9-8-21-10-14-28(15-11-21)27(3,4)5/h18-19,21,23H,7,10-17H2,1-6H3. The number of ether oxygens (including phenoxy) is 2. The van der Waals surface area contributed by atoms with E-state index in [-0.39, 0.29) is 11.5 Å². The van der Waals surface area contributed by atoms with Crippen LogP contribution in [0.5, 0.6) is 0 Å². The first-order valence-corrected chi connectivity index (χ1v) is 12.1. The lowest BCUT2D eigenvalue weighted by atomic mass is 9.93. The number of carbonyl (C=O) groups excluding carboxylic acids is 1. The monoisotopic (exact) mass is 440 g/mol. The number of hydrogen-bond donors (Lipinski definition) is 0. The third-order valence-electron chi connectivity index (χ3n) is 6.93. The van der Waals surface area contributed by atoms with Crippen molar-refractivity contribution < 1.29 is 14.3 Å². The van der Waals surface area contributed by atoms with Crippen molar-refractivity contribution in [3.8, 4) is 11.8 Å². The van der Waals surface area contributed by atoms with Gasteiger partial charge in [-0.2, -0.15) is 0 Å². The summed E-state index contributed by atoms with van der Waals surface area (Å²) in [5.41, 5.74) is 3.79. The van der Waals surface area contributed by atoms with Gasteiger partial charge >= 0.3 is 5.97 Å². The molecule has 1 aromatic rings. The fourth-order valence-electron chi connectivity index (χ4n) is 4.89. The fourth-order valence-corrected chi connectivity index (χ4v) is 4.89. The van der Waals surface area contributed by atoms with E-state index in [2.05, 4.69) is 55.4 Å². The van der Waals surface area contributed by atoms with Crippen LogP contribution in [0, 0.1) is 24.7 Å². The molecule has 5 nitrogen and oxygen atoms in total. The zero-order valence-corrected chi connectivity index (χ0v) is 20.8. The van der Waals surface area contributed by atoms with Crippen LogP contribution in [0.3, 0.4) is 0 Å². The van der Waals surface area contributed by atoms with Gasteiger partial charge < -0.3 is 14.4 Å². The second kappa shape index (κ2) is 10.7. The zero-order chi connectivity index (χ0) is 23.3. The topological polar surface area (TPSA) is 42.0 Å². The Morgan fingerprint density at radius 3 is 2.41 bits per heavy atom. The summed E-state index contributed by atoms with van der Waals surface area (Å²) in [7, 11) is 1.44. The maximum absolute atomic E-state index is 12.5. The molecule has 2 aliphatic rings. The molecule has 0 aromatic heterocycles. The molecule has 0 atom stereocenters. The third kappa shape index (κ3) is 5.85. The highest BCUT2D eigenvalue weighted by atomic mass is 16.5. The number of piperidine rings is 1. The van der Waals surface area contributed by atoms with Crippen molar-refractivity contribution in [3.05, 3.63) is 28.8 Å². The number of rotatable bonds is 4. The van der Waals surface area contributed by atoms with E-state index in [0.717, 1.165) is 75.3 Å². The van der Waals surface area contributed by atoms with Gasteiger partial charge in [-0.05, 0) is 91.1 Å². The Labute approximate surface area is 194 Å². The van der Waals surface area contributed by atoms with Crippen molar-refractivity contribution >= 4 is 11.7 Å². The second-order valence-corrected chi connectivity index (χ2v) is 9.99. The lowest BCUT2D eigenvalue weighted by Crippen LogP contribution is -2.45. The van der Waals surface area contributed by atoms with Gasteiger partial charge in [-0.3, -0.25) is 4.90 Å². The third-order valence-corrected chi connectivity index (χ3v) is 6.93. The first-order chi connectivity index (χ1) is 15.2. The van der Waals surface area contributed by atoms with Crippen LogP contribution in [0.25, 0.3) is 0 Å². The maximum Gasteiger partial charge on any atom is 0.338 e. The van der Waals surface area contributed by atoms with Gasteiger partial charge in [-0.25, -0.2) is 4.79 Å². The molecular formula is C27H40N2O3. The molecule has 0 aliphatic carbocycles. The summed E-state index contributed by atoms with van der Waals surface area (Å²) >= 11 is 0. The minimum Gasteiger partial charge on any atom is -0.465 e. The van der Waals surface area contributed by atoms with Gasteiger partial charge in [0, 0.05) is 48.5 Å². The van der Waals surface area contributed by atoms with E-state index in [1.165, 1.54) is 7.11 Å². The quantitative estimate of drug-likeness (QED) is 0.504. The smallest absolute Gasteiger partial charge is 0.338 e.